The molecule has 1 N–H and O–H groups in total. The fourth-order valence-electron chi connectivity index (χ4n) is 3.99. The number of hydrogen-bond donors (Lipinski definition) is 1. The van der Waals surface area contributed by atoms with Gasteiger partial charge in [0.25, 0.3) is 5.91 Å². The van der Waals surface area contributed by atoms with Crippen molar-refractivity contribution in [3.8, 4) is 0 Å². The van der Waals surface area contributed by atoms with Crippen LogP contribution in [0.5, 0.6) is 0 Å². The number of alkyl halides is 3. The van der Waals surface area contributed by atoms with Crippen LogP contribution in [0.25, 0.3) is 0 Å². The third kappa shape index (κ3) is 2.91. The molecule has 1 amide bonds. The number of carbonyl (C=O) groups excluding carboxylic acids is 1. The van der Waals surface area contributed by atoms with Crippen LogP contribution in [0.3, 0.4) is 0 Å². The van der Waals surface area contributed by atoms with E-state index in [0.717, 1.165) is 11.3 Å². The van der Waals surface area contributed by atoms with Crippen molar-refractivity contribution in [2.45, 2.75) is 51.6 Å². The van der Waals surface area contributed by atoms with Crippen LogP contribution >= 0.6 is 0 Å². The number of ether oxygens (including phenoxy) is 1. The molecule has 146 valence electrons. The Morgan fingerprint density at radius 2 is 2.04 bits per heavy atom. The molecule has 7 nitrogen and oxygen atoms in total. The van der Waals surface area contributed by atoms with Crippen LogP contribution < -0.4 is 0 Å². The first-order valence-electron chi connectivity index (χ1n) is 8.80. The Hall–Kier alpha value is -2.36. The summed E-state index contributed by atoms with van der Waals surface area (Å²) in [6.07, 6.45) is -3.98. The van der Waals surface area contributed by atoms with Gasteiger partial charge in [-0.15, -0.1) is 0 Å². The third-order valence-electron chi connectivity index (χ3n) is 5.18. The first kappa shape index (κ1) is 18.0. The van der Waals surface area contributed by atoms with Crippen LogP contribution in [0.15, 0.2) is 0 Å². The van der Waals surface area contributed by atoms with E-state index in [2.05, 4.69) is 15.3 Å². The minimum absolute atomic E-state index is 0.0446. The fraction of sp³-hybridized carbons (Fsp3) is 0.588. The summed E-state index contributed by atoms with van der Waals surface area (Å²) in [6.45, 7) is 4.01. The molecular weight excluding hydrogens is 363 g/mol. The van der Waals surface area contributed by atoms with E-state index >= 15 is 0 Å². The number of fused-ring (bicyclic) bond motifs is 2. The number of amides is 1. The van der Waals surface area contributed by atoms with Gasteiger partial charge in [-0.1, -0.05) is 0 Å². The number of carbonyl (C=O) groups is 1. The zero-order valence-electron chi connectivity index (χ0n) is 15.2. The Bertz CT molecular complexity index is 901. The molecule has 10 heteroatoms. The molecule has 0 saturated heterocycles. The number of halogens is 3. The molecule has 0 unspecified atom stereocenters. The summed E-state index contributed by atoms with van der Waals surface area (Å²) in [5.41, 5.74) is 1.50. The minimum Gasteiger partial charge on any atom is -0.369 e. The van der Waals surface area contributed by atoms with Gasteiger partial charge in [0.2, 0.25) is 0 Å². The quantitative estimate of drug-likeness (QED) is 0.821. The average Bonchev–Trinajstić information content (AvgIpc) is 3.14. The maximum Gasteiger partial charge on any atom is 0.435 e. The van der Waals surface area contributed by atoms with Crippen molar-refractivity contribution in [3.63, 3.8) is 0 Å². The second kappa shape index (κ2) is 6.08. The molecule has 0 fully saturated rings. The van der Waals surface area contributed by atoms with E-state index in [9.17, 15) is 18.0 Å². The van der Waals surface area contributed by atoms with Crippen molar-refractivity contribution >= 4 is 5.91 Å². The van der Waals surface area contributed by atoms with E-state index in [1.54, 1.807) is 7.05 Å². The van der Waals surface area contributed by atoms with Crippen molar-refractivity contribution < 1.29 is 22.7 Å². The number of rotatable bonds is 1. The molecular formula is C17H20F3N5O2. The summed E-state index contributed by atoms with van der Waals surface area (Å²) < 4.78 is 46.8. The maximum atomic E-state index is 13.2. The highest BCUT2D eigenvalue weighted by Gasteiger charge is 2.41. The summed E-state index contributed by atoms with van der Waals surface area (Å²) in [4.78, 5) is 14.6. The van der Waals surface area contributed by atoms with Crippen LogP contribution in [0.4, 0.5) is 13.2 Å². The van der Waals surface area contributed by atoms with Gasteiger partial charge in [0.15, 0.2) is 5.69 Å². The molecule has 0 aliphatic carbocycles. The number of aromatic nitrogens is 4. The molecule has 0 aromatic carbocycles. The third-order valence-corrected chi connectivity index (χ3v) is 5.18. The molecule has 4 heterocycles. The number of hydrogen-bond acceptors (Lipinski definition) is 4. The summed E-state index contributed by atoms with van der Waals surface area (Å²) >= 11 is 0. The van der Waals surface area contributed by atoms with Crippen molar-refractivity contribution in [1.29, 1.82) is 0 Å². The lowest BCUT2D eigenvalue weighted by molar-refractivity contribution is -0.142. The molecule has 0 bridgehead atoms. The van der Waals surface area contributed by atoms with Gasteiger partial charge in [0.05, 0.1) is 24.4 Å². The smallest absolute Gasteiger partial charge is 0.369 e. The number of H-pyrrole nitrogens is 1. The van der Waals surface area contributed by atoms with Crippen molar-refractivity contribution in [1.82, 2.24) is 24.9 Å². The topological polar surface area (TPSA) is 76.0 Å². The summed E-state index contributed by atoms with van der Waals surface area (Å²) in [5, 5.41) is 10.3. The van der Waals surface area contributed by atoms with E-state index in [4.69, 9.17) is 4.74 Å². The molecule has 2 aliphatic rings. The number of nitrogens with zero attached hydrogens (tertiary/aromatic N) is 4. The first-order chi connectivity index (χ1) is 12.7. The zero-order valence-corrected chi connectivity index (χ0v) is 15.2. The van der Waals surface area contributed by atoms with Gasteiger partial charge in [0.1, 0.15) is 5.69 Å². The SMILES string of the molecule is C[C@@H]1Cc2c(nn(C)c2C(=O)N2CCc3[nH]nc(C(F)(F)F)c3C2)[C@H](C)O1. The van der Waals surface area contributed by atoms with Gasteiger partial charge in [-0.2, -0.15) is 23.4 Å². The lowest BCUT2D eigenvalue weighted by atomic mass is 9.98. The van der Waals surface area contributed by atoms with E-state index < -0.39 is 11.9 Å². The largest absolute Gasteiger partial charge is 0.435 e. The van der Waals surface area contributed by atoms with Gasteiger partial charge >= 0.3 is 6.18 Å². The van der Waals surface area contributed by atoms with Crippen LogP contribution in [0.2, 0.25) is 0 Å². The molecule has 2 atom stereocenters. The second-order valence-electron chi connectivity index (χ2n) is 7.13. The van der Waals surface area contributed by atoms with E-state index in [1.165, 1.54) is 9.58 Å². The van der Waals surface area contributed by atoms with Gasteiger partial charge in [-0.05, 0) is 13.8 Å². The van der Waals surface area contributed by atoms with Crippen molar-refractivity contribution in [2.24, 2.45) is 7.05 Å². The average molecular weight is 383 g/mol. The standard InChI is InChI=1S/C17H20F3N5O2/c1-8-6-10-13(9(2)27-8)23-24(3)14(10)16(26)25-5-4-12-11(7-25)15(22-21-12)17(18,19)20/h8-9H,4-7H2,1-3H3,(H,21,22)/t8-,9+/m1/s1. The minimum atomic E-state index is -4.55. The number of aryl methyl sites for hydroxylation is 1. The number of aromatic amines is 1. The van der Waals surface area contributed by atoms with E-state index in [0.29, 0.717) is 30.8 Å². The molecule has 2 aliphatic heterocycles. The Kier molecular flexibility index (Phi) is 4.06. The monoisotopic (exact) mass is 383 g/mol. The zero-order chi connectivity index (χ0) is 19.5. The molecule has 0 spiro atoms. The van der Waals surface area contributed by atoms with Gasteiger partial charge in [0, 0.05) is 43.3 Å². The molecule has 27 heavy (non-hydrogen) atoms. The molecule has 0 saturated carbocycles. The van der Waals surface area contributed by atoms with Gasteiger partial charge in [-0.3, -0.25) is 14.6 Å². The highest BCUT2D eigenvalue weighted by molar-refractivity contribution is 5.94. The molecule has 2 aromatic rings. The summed E-state index contributed by atoms with van der Waals surface area (Å²) in [6, 6.07) is 0. The Morgan fingerprint density at radius 1 is 1.30 bits per heavy atom. The fourth-order valence-corrected chi connectivity index (χ4v) is 3.99. The first-order valence-corrected chi connectivity index (χ1v) is 8.80. The highest BCUT2D eigenvalue weighted by Crippen LogP contribution is 2.35. The summed E-state index contributed by atoms with van der Waals surface area (Å²) in [5.74, 6) is -0.312. The van der Waals surface area contributed by atoms with Crippen LogP contribution in [-0.2, 0) is 37.3 Å². The van der Waals surface area contributed by atoms with Crippen LogP contribution in [0.1, 0.15) is 58.6 Å². The van der Waals surface area contributed by atoms with Crippen molar-refractivity contribution in [3.05, 3.63) is 33.9 Å². The molecule has 0 radical (unpaired) electrons. The maximum absolute atomic E-state index is 13.2. The lowest BCUT2D eigenvalue weighted by Crippen LogP contribution is -2.38. The lowest BCUT2D eigenvalue weighted by Gasteiger charge is -2.29. The van der Waals surface area contributed by atoms with E-state index in [-0.39, 0.29) is 30.2 Å². The highest BCUT2D eigenvalue weighted by atomic mass is 19.4. The van der Waals surface area contributed by atoms with Gasteiger partial charge < -0.3 is 9.64 Å². The second-order valence-corrected chi connectivity index (χ2v) is 7.13. The van der Waals surface area contributed by atoms with Gasteiger partial charge in [-0.25, -0.2) is 0 Å². The van der Waals surface area contributed by atoms with Crippen LogP contribution in [-0.4, -0.2) is 43.4 Å². The molecule has 2 aromatic heterocycles. The Balaban J connectivity index is 1.67. The molecule has 4 rings (SSSR count). The number of nitrogens with one attached hydrogen (secondary N) is 1. The van der Waals surface area contributed by atoms with Crippen molar-refractivity contribution in [2.75, 3.05) is 6.54 Å². The Morgan fingerprint density at radius 3 is 2.74 bits per heavy atom. The summed E-state index contributed by atoms with van der Waals surface area (Å²) in [7, 11) is 1.68. The van der Waals surface area contributed by atoms with E-state index in [1.807, 2.05) is 13.8 Å². The predicted molar refractivity (Wildman–Crippen MR) is 87.9 cm³/mol. The van der Waals surface area contributed by atoms with Crippen LogP contribution in [0, 0.1) is 0 Å². The predicted octanol–water partition coefficient (Wildman–Crippen LogP) is 2.38. The Labute approximate surface area is 153 Å². The normalized spacial score (nSPS) is 22.5.